The van der Waals surface area contributed by atoms with Crippen LogP contribution in [0.25, 0.3) is 0 Å². The fraction of sp³-hybridized carbons (Fsp3) is 1.00. The van der Waals surface area contributed by atoms with E-state index >= 15 is 0 Å². The van der Waals surface area contributed by atoms with Crippen molar-refractivity contribution in [1.29, 1.82) is 0 Å². The van der Waals surface area contributed by atoms with Crippen LogP contribution in [-0.4, -0.2) is 38.5 Å². The molecule has 1 heterocycles. The molecule has 0 spiro atoms. The largest absolute Gasteiger partial charge is 0.382 e. The number of nitrogens with one attached hydrogen (secondary N) is 1. The van der Waals surface area contributed by atoms with Crippen LogP contribution in [0.1, 0.15) is 32.6 Å². The van der Waals surface area contributed by atoms with Crippen LogP contribution < -0.4 is 5.32 Å². The standard InChI is InChI=1S/C12H23NO2/c1-3-13-11-6-7-15-12(8-11,9-14-2)10-4-5-10/h10-11,13H,3-9H2,1-2H3. The highest BCUT2D eigenvalue weighted by atomic mass is 16.5. The number of hydrogen-bond acceptors (Lipinski definition) is 3. The third-order valence-electron chi connectivity index (χ3n) is 3.65. The fourth-order valence-corrected chi connectivity index (χ4v) is 2.80. The molecule has 2 rings (SSSR count). The Bertz CT molecular complexity index is 200. The summed E-state index contributed by atoms with van der Waals surface area (Å²) in [5.74, 6) is 0.749. The van der Waals surface area contributed by atoms with Crippen LogP contribution in [0.4, 0.5) is 0 Å². The zero-order valence-corrected chi connectivity index (χ0v) is 9.92. The summed E-state index contributed by atoms with van der Waals surface area (Å²) >= 11 is 0. The Morgan fingerprint density at radius 1 is 1.40 bits per heavy atom. The summed E-state index contributed by atoms with van der Waals surface area (Å²) in [7, 11) is 1.78. The third kappa shape index (κ3) is 2.52. The average molecular weight is 213 g/mol. The maximum Gasteiger partial charge on any atom is 0.0957 e. The first-order chi connectivity index (χ1) is 7.30. The van der Waals surface area contributed by atoms with Crippen molar-refractivity contribution in [1.82, 2.24) is 5.32 Å². The van der Waals surface area contributed by atoms with Gasteiger partial charge in [-0.3, -0.25) is 0 Å². The van der Waals surface area contributed by atoms with Gasteiger partial charge in [0.2, 0.25) is 0 Å². The fourth-order valence-electron chi connectivity index (χ4n) is 2.80. The van der Waals surface area contributed by atoms with Gasteiger partial charge in [-0.25, -0.2) is 0 Å². The van der Waals surface area contributed by atoms with Crippen molar-refractivity contribution in [3.05, 3.63) is 0 Å². The SMILES string of the molecule is CCNC1CCOC(COC)(C2CC2)C1. The van der Waals surface area contributed by atoms with Crippen LogP contribution in [0, 0.1) is 5.92 Å². The predicted molar refractivity (Wildman–Crippen MR) is 60.0 cm³/mol. The molecule has 3 nitrogen and oxygen atoms in total. The van der Waals surface area contributed by atoms with Gasteiger partial charge in [-0.05, 0) is 38.1 Å². The van der Waals surface area contributed by atoms with Gasteiger partial charge >= 0.3 is 0 Å². The molecule has 2 atom stereocenters. The maximum absolute atomic E-state index is 6.04. The highest BCUT2D eigenvalue weighted by Gasteiger charge is 2.49. The first-order valence-electron chi connectivity index (χ1n) is 6.17. The normalized spacial score (nSPS) is 36.8. The van der Waals surface area contributed by atoms with Crippen molar-refractivity contribution in [2.75, 3.05) is 26.9 Å². The van der Waals surface area contributed by atoms with Gasteiger partial charge in [-0.1, -0.05) is 6.92 Å². The molecule has 2 unspecified atom stereocenters. The lowest BCUT2D eigenvalue weighted by Gasteiger charge is -2.41. The van der Waals surface area contributed by atoms with Gasteiger partial charge in [0.1, 0.15) is 0 Å². The van der Waals surface area contributed by atoms with E-state index in [0.29, 0.717) is 6.04 Å². The van der Waals surface area contributed by atoms with E-state index in [4.69, 9.17) is 9.47 Å². The molecule has 2 aliphatic rings. The Morgan fingerprint density at radius 2 is 2.20 bits per heavy atom. The van der Waals surface area contributed by atoms with E-state index in [-0.39, 0.29) is 5.60 Å². The molecule has 0 aromatic rings. The first-order valence-corrected chi connectivity index (χ1v) is 6.17. The molecular weight excluding hydrogens is 190 g/mol. The van der Waals surface area contributed by atoms with Crippen molar-refractivity contribution in [2.24, 2.45) is 5.92 Å². The summed E-state index contributed by atoms with van der Waals surface area (Å²) in [6.45, 7) is 4.88. The van der Waals surface area contributed by atoms with Crippen molar-refractivity contribution in [3.63, 3.8) is 0 Å². The maximum atomic E-state index is 6.04. The number of rotatable bonds is 5. The molecule has 0 amide bonds. The summed E-state index contributed by atoms with van der Waals surface area (Å²) in [5.41, 5.74) is 0.0276. The van der Waals surface area contributed by atoms with Gasteiger partial charge in [0, 0.05) is 19.8 Å². The Hall–Kier alpha value is -0.120. The van der Waals surface area contributed by atoms with E-state index in [1.54, 1.807) is 7.11 Å². The van der Waals surface area contributed by atoms with E-state index in [2.05, 4.69) is 12.2 Å². The van der Waals surface area contributed by atoms with Gasteiger partial charge in [0.15, 0.2) is 0 Å². The van der Waals surface area contributed by atoms with Crippen LogP contribution in [0.15, 0.2) is 0 Å². The van der Waals surface area contributed by atoms with Crippen LogP contribution >= 0.6 is 0 Å². The Morgan fingerprint density at radius 3 is 2.80 bits per heavy atom. The highest BCUT2D eigenvalue weighted by molar-refractivity contribution is 5.00. The van der Waals surface area contributed by atoms with Crippen molar-refractivity contribution in [3.8, 4) is 0 Å². The summed E-state index contributed by atoms with van der Waals surface area (Å²) in [6.07, 6.45) is 4.91. The first kappa shape index (κ1) is 11.4. The molecule has 0 aromatic carbocycles. The molecule has 15 heavy (non-hydrogen) atoms. The predicted octanol–water partition coefficient (Wildman–Crippen LogP) is 1.57. The molecule has 1 saturated heterocycles. The second-order valence-corrected chi connectivity index (χ2v) is 4.87. The average Bonchev–Trinajstić information content (AvgIpc) is 3.02. The van der Waals surface area contributed by atoms with Gasteiger partial charge in [0.25, 0.3) is 0 Å². The Labute approximate surface area is 92.5 Å². The number of hydrogen-bond donors (Lipinski definition) is 1. The lowest BCUT2D eigenvalue weighted by atomic mass is 9.86. The summed E-state index contributed by atoms with van der Waals surface area (Å²) in [5, 5.41) is 3.54. The lowest BCUT2D eigenvalue weighted by Crippen LogP contribution is -2.51. The van der Waals surface area contributed by atoms with E-state index in [1.807, 2.05) is 0 Å². The lowest BCUT2D eigenvalue weighted by molar-refractivity contribution is -0.136. The van der Waals surface area contributed by atoms with E-state index in [9.17, 15) is 0 Å². The minimum absolute atomic E-state index is 0.0276. The molecule has 3 heteroatoms. The van der Waals surface area contributed by atoms with Crippen LogP contribution in [0.5, 0.6) is 0 Å². The topological polar surface area (TPSA) is 30.5 Å². The van der Waals surface area contributed by atoms with Crippen molar-refractivity contribution in [2.45, 2.75) is 44.2 Å². The van der Waals surface area contributed by atoms with E-state index in [0.717, 1.165) is 38.5 Å². The second-order valence-electron chi connectivity index (χ2n) is 4.87. The minimum atomic E-state index is 0.0276. The third-order valence-corrected chi connectivity index (χ3v) is 3.65. The molecular formula is C12H23NO2. The quantitative estimate of drug-likeness (QED) is 0.752. The van der Waals surface area contributed by atoms with E-state index < -0.39 is 0 Å². The summed E-state index contributed by atoms with van der Waals surface area (Å²) in [6, 6.07) is 0.625. The Kier molecular flexibility index (Phi) is 3.65. The van der Waals surface area contributed by atoms with Crippen LogP contribution in [-0.2, 0) is 9.47 Å². The van der Waals surface area contributed by atoms with Gasteiger partial charge in [-0.15, -0.1) is 0 Å². The molecule has 0 aromatic heterocycles. The van der Waals surface area contributed by atoms with Crippen molar-refractivity contribution < 1.29 is 9.47 Å². The van der Waals surface area contributed by atoms with E-state index in [1.165, 1.54) is 12.8 Å². The zero-order chi connectivity index (χ0) is 10.7. The summed E-state index contributed by atoms with van der Waals surface area (Å²) in [4.78, 5) is 0. The molecule has 0 radical (unpaired) electrons. The second kappa shape index (κ2) is 4.81. The Balaban J connectivity index is 1.96. The molecule has 2 fully saturated rings. The zero-order valence-electron chi connectivity index (χ0n) is 9.92. The molecule has 1 aliphatic heterocycles. The molecule has 1 saturated carbocycles. The number of methoxy groups -OCH3 is 1. The van der Waals surface area contributed by atoms with Crippen LogP contribution in [0.3, 0.4) is 0 Å². The minimum Gasteiger partial charge on any atom is -0.382 e. The smallest absolute Gasteiger partial charge is 0.0957 e. The molecule has 1 N–H and O–H groups in total. The molecule has 88 valence electrons. The molecule has 1 aliphatic carbocycles. The van der Waals surface area contributed by atoms with Gasteiger partial charge in [0.05, 0.1) is 12.2 Å². The van der Waals surface area contributed by atoms with Crippen molar-refractivity contribution >= 4 is 0 Å². The van der Waals surface area contributed by atoms with Gasteiger partial charge in [-0.2, -0.15) is 0 Å². The number of ether oxygens (including phenoxy) is 2. The highest BCUT2D eigenvalue weighted by Crippen LogP contribution is 2.46. The molecule has 0 bridgehead atoms. The monoisotopic (exact) mass is 213 g/mol. The summed E-state index contributed by atoms with van der Waals surface area (Å²) < 4.78 is 11.4. The van der Waals surface area contributed by atoms with Gasteiger partial charge < -0.3 is 14.8 Å². The van der Waals surface area contributed by atoms with Crippen LogP contribution in [0.2, 0.25) is 0 Å².